The maximum atomic E-state index is 12.7. The first-order valence-electron chi connectivity index (χ1n) is 8.92. The molecule has 0 aliphatic heterocycles. The first-order valence-corrected chi connectivity index (χ1v) is 10.6. The summed E-state index contributed by atoms with van der Waals surface area (Å²) in [6.45, 7) is 6.03. The first-order chi connectivity index (χ1) is 12.1. The summed E-state index contributed by atoms with van der Waals surface area (Å²) >= 11 is 0. The van der Waals surface area contributed by atoms with Gasteiger partial charge in [0.1, 0.15) is 5.78 Å². The summed E-state index contributed by atoms with van der Waals surface area (Å²) in [5.74, 6) is -0.297. The second-order valence-electron chi connectivity index (χ2n) is 7.83. The second-order valence-corrected chi connectivity index (χ2v) is 9.55. The van der Waals surface area contributed by atoms with Crippen LogP contribution in [-0.4, -0.2) is 32.5 Å². The molecule has 2 saturated carbocycles. The fourth-order valence-corrected chi connectivity index (χ4v) is 6.43. The third-order valence-electron chi connectivity index (χ3n) is 6.24. The van der Waals surface area contributed by atoms with E-state index in [-0.39, 0.29) is 29.5 Å². The van der Waals surface area contributed by atoms with E-state index < -0.39 is 21.4 Å². The molecule has 0 heterocycles. The topological polar surface area (TPSA) is 89.5 Å². The van der Waals surface area contributed by atoms with E-state index in [1.165, 1.54) is 24.3 Å². The van der Waals surface area contributed by atoms with Gasteiger partial charge in [-0.3, -0.25) is 9.52 Å². The molecule has 1 aromatic carbocycles. The number of carbonyl (C=O) groups is 2. The van der Waals surface area contributed by atoms with Gasteiger partial charge >= 0.3 is 5.97 Å². The molecule has 0 radical (unpaired) electrons. The van der Waals surface area contributed by atoms with Crippen LogP contribution in [0.15, 0.2) is 24.3 Å². The third kappa shape index (κ3) is 3.02. The van der Waals surface area contributed by atoms with Crippen LogP contribution in [0, 0.1) is 16.7 Å². The maximum absolute atomic E-state index is 12.7. The summed E-state index contributed by atoms with van der Waals surface area (Å²) in [5, 5.41) is 0. The molecule has 1 aromatic rings. The SMILES string of the molecule is CCOC(=O)c1ccc(NS(=O)(=O)C[C@]23CC[C@H](CC2=O)C3(C)C)cc1. The number of nitrogens with one attached hydrogen (secondary N) is 1. The molecule has 0 amide bonds. The summed E-state index contributed by atoms with van der Waals surface area (Å²) in [4.78, 5) is 24.2. The standard InChI is InChI=1S/C19H25NO5S/c1-4-25-17(22)13-5-7-15(8-6-13)20-26(23,24)12-19-10-9-14(11-16(19)21)18(19,2)3/h5-8,14,20H,4,9-12H2,1-3H3/t14-,19-/m1/s1. The van der Waals surface area contributed by atoms with E-state index in [1.807, 2.05) is 13.8 Å². The first kappa shape index (κ1) is 18.9. The summed E-state index contributed by atoms with van der Waals surface area (Å²) in [6.07, 6.45) is 2.02. The zero-order valence-electron chi connectivity index (χ0n) is 15.4. The van der Waals surface area contributed by atoms with Gasteiger partial charge in [-0.25, -0.2) is 13.2 Å². The van der Waals surface area contributed by atoms with Crippen molar-refractivity contribution in [2.75, 3.05) is 17.1 Å². The highest BCUT2D eigenvalue weighted by Crippen LogP contribution is 2.64. The molecule has 26 heavy (non-hydrogen) atoms. The van der Waals surface area contributed by atoms with Crippen molar-refractivity contribution in [2.24, 2.45) is 16.7 Å². The number of anilines is 1. The predicted octanol–water partition coefficient (Wildman–Crippen LogP) is 3.00. The molecule has 0 unspecified atom stereocenters. The largest absolute Gasteiger partial charge is 0.462 e. The van der Waals surface area contributed by atoms with Crippen molar-refractivity contribution in [3.8, 4) is 0 Å². The second kappa shape index (κ2) is 6.37. The molecule has 2 bridgehead atoms. The normalized spacial score (nSPS) is 26.7. The molecule has 0 aromatic heterocycles. The van der Waals surface area contributed by atoms with Gasteiger partial charge in [0.05, 0.1) is 23.3 Å². The molecule has 142 valence electrons. The van der Waals surface area contributed by atoms with E-state index >= 15 is 0 Å². The van der Waals surface area contributed by atoms with Crippen LogP contribution in [0.5, 0.6) is 0 Å². The molecule has 1 N–H and O–H groups in total. The van der Waals surface area contributed by atoms with Gasteiger partial charge < -0.3 is 4.74 Å². The number of ketones is 1. The van der Waals surface area contributed by atoms with Crippen LogP contribution in [0.25, 0.3) is 0 Å². The lowest BCUT2D eigenvalue weighted by molar-refractivity contribution is -0.128. The quantitative estimate of drug-likeness (QED) is 0.768. The van der Waals surface area contributed by atoms with Gasteiger partial charge in [0.15, 0.2) is 0 Å². The Morgan fingerprint density at radius 2 is 1.92 bits per heavy atom. The number of hydrogen-bond donors (Lipinski definition) is 1. The van der Waals surface area contributed by atoms with E-state index in [4.69, 9.17) is 4.74 Å². The van der Waals surface area contributed by atoms with E-state index in [9.17, 15) is 18.0 Å². The predicted molar refractivity (Wildman–Crippen MR) is 98.4 cm³/mol. The highest BCUT2D eigenvalue weighted by Gasteiger charge is 2.65. The smallest absolute Gasteiger partial charge is 0.338 e. The minimum Gasteiger partial charge on any atom is -0.462 e. The summed E-state index contributed by atoms with van der Waals surface area (Å²) in [7, 11) is -3.70. The van der Waals surface area contributed by atoms with Gasteiger partial charge in [-0.2, -0.15) is 0 Å². The summed E-state index contributed by atoms with van der Waals surface area (Å²) in [6, 6.07) is 6.09. The molecule has 6 nitrogen and oxygen atoms in total. The number of sulfonamides is 1. The van der Waals surface area contributed by atoms with E-state index in [0.29, 0.717) is 24.1 Å². The Kier molecular flexibility index (Phi) is 4.63. The van der Waals surface area contributed by atoms with Crippen molar-refractivity contribution in [1.29, 1.82) is 0 Å². The molecule has 0 spiro atoms. The molecule has 7 heteroatoms. The van der Waals surface area contributed by atoms with Gasteiger partial charge in [0.25, 0.3) is 0 Å². The van der Waals surface area contributed by atoms with E-state index in [0.717, 1.165) is 6.42 Å². The zero-order valence-corrected chi connectivity index (χ0v) is 16.2. The lowest BCUT2D eigenvalue weighted by atomic mass is 9.70. The fraction of sp³-hybridized carbons (Fsp3) is 0.579. The Labute approximate surface area is 154 Å². The van der Waals surface area contributed by atoms with E-state index in [1.54, 1.807) is 6.92 Å². The van der Waals surface area contributed by atoms with Crippen LogP contribution < -0.4 is 4.72 Å². The maximum Gasteiger partial charge on any atom is 0.338 e. The number of carbonyl (C=O) groups excluding carboxylic acids is 2. The third-order valence-corrected chi connectivity index (χ3v) is 7.66. The molecule has 0 saturated heterocycles. The Bertz CT molecular complexity index is 828. The van der Waals surface area contributed by atoms with E-state index in [2.05, 4.69) is 4.72 Å². The van der Waals surface area contributed by atoms with Crippen LogP contribution in [-0.2, 0) is 19.6 Å². The van der Waals surface area contributed by atoms with Crippen LogP contribution >= 0.6 is 0 Å². The Balaban J connectivity index is 1.76. The highest BCUT2D eigenvalue weighted by molar-refractivity contribution is 7.92. The zero-order chi connectivity index (χ0) is 19.2. The monoisotopic (exact) mass is 379 g/mol. The van der Waals surface area contributed by atoms with Crippen molar-refractivity contribution in [2.45, 2.75) is 40.0 Å². The molecular formula is C19H25NO5S. The van der Waals surface area contributed by atoms with Gasteiger partial charge in [0.2, 0.25) is 10.0 Å². The number of benzene rings is 1. The van der Waals surface area contributed by atoms with Gasteiger partial charge in [-0.05, 0) is 55.4 Å². The van der Waals surface area contributed by atoms with Gasteiger partial charge in [-0.1, -0.05) is 13.8 Å². The van der Waals surface area contributed by atoms with Crippen LogP contribution in [0.1, 0.15) is 50.4 Å². The molecule has 2 atom stereocenters. The van der Waals surface area contributed by atoms with Crippen LogP contribution in [0.2, 0.25) is 0 Å². The number of Topliss-reactive ketones (excluding diaryl/α,β-unsaturated/α-hetero) is 1. The van der Waals surface area contributed by atoms with Crippen molar-refractivity contribution in [1.82, 2.24) is 0 Å². The molecule has 2 aliphatic rings. The summed E-state index contributed by atoms with van der Waals surface area (Å²) in [5.41, 5.74) is -0.368. The van der Waals surface area contributed by atoms with Crippen molar-refractivity contribution in [3.63, 3.8) is 0 Å². The Morgan fingerprint density at radius 3 is 2.42 bits per heavy atom. The number of esters is 1. The number of fused-ring (bicyclic) bond motifs is 2. The van der Waals surface area contributed by atoms with Crippen molar-refractivity contribution in [3.05, 3.63) is 29.8 Å². The summed E-state index contributed by atoms with van der Waals surface area (Å²) < 4.78 is 32.9. The average Bonchev–Trinajstić information content (AvgIpc) is 2.89. The van der Waals surface area contributed by atoms with Crippen LogP contribution in [0.4, 0.5) is 5.69 Å². The molecule has 3 rings (SSSR count). The Hall–Kier alpha value is -1.89. The average molecular weight is 379 g/mol. The van der Waals surface area contributed by atoms with Gasteiger partial charge in [-0.15, -0.1) is 0 Å². The lowest BCUT2D eigenvalue weighted by Crippen LogP contribution is -2.43. The molecular weight excluding hydrogens is 354 g/mol. The number of rotatable bonds is 6. The minimum atomic E-state index is -3.70. The molecule has 2 aliphatic carbocycles. The van der Waals surface area contributed by atoms with Crippen LogP contribution in [0.3, 0.4) is 0 Å². The van der Waals surface area contributed by atoms with Crippen molar-refractivity contribution < 1.29 is 22.7 Å². The fourth-order valence-electron chi connectivity index (χ4n) is 4.54. The van der Waals surface area contributed by atoms with Crippen molar-refractivity contribution >= 4 is 27.5 Å². The Morgan fingerprint density at radius 1 is 1.27 bits per heavy atom. The lowest BCUT2D eigenvalue weighted by Gasteiger charge is -2.36. The molecule has 2 fully saturated rings. The number of ether oxygens (including phenoxy) is 1. The highest BCUT2D eigenvalue weighted by atomic mass is 32.2. The number of hydrogen-bond acceptors (Lipinski definition) is 5. The minimum absolute atomic E-state index is 0.0711. The van der Waals surface area contributed by atoms with Gasteiger partial charge in [0, 0.05) is 12.1 Å².